The van der Waals surface area contributed by atoms with Crippen molar-refractivity contribution in [2.75, 3.05) is 5.32 Å². The van der Waals surface area contributed by atoms with Crippen LogP contribution < -0.4 is 5.32 Å². The van der Waals surface area contributed by atoms with Crippen LogP contribution in [0.1, 0.15) is 53.5 Å². The highest BCUT2D eigenvalue weighted by molar-refractivity contribution is 6.04. The predicted octanol–water partition coefficient (Wildman–Crippen LogP) is 2.31. The summed E-state index contributed by atoms with van der Waals surface area (Å²) in [5.41, 5.74) is 2.63. The van der Waals surface area contributed by atoms with Gasteiger partial charge in [0.15, 0.2) is 5.82 Å². The average Bonchev–Trinajstić information content (AvgIpc) is 3.01. The standard InChI is InChI=1S/C15H19N5O/c1-10-13(9-20(17-10)11-4-2-5-11)15(21)16-14-8-12-6-3-7-19(12)18-14/h8-9,11H,2-7H2,1H3,(H,16,18,21). The van der Waals surface area contributed by atoms with Crippen LogP contribution in [-0.4, -0.2) is 25.5 Å². The Morgan fingerprint density at radius 1 is 1.33 bits per heavy atom. The van der Waals surface area contributed by atoms with Gasteiger partial charge in [-0.1, -0.05) is 0 Å². The zero-order valence-electron chi connectivity index (χ0n) is 12.2. The molecule has 4 rings (SSSR count). The minimum Gasteiger partial charge on any atom is -0.305 e. The summed E-state index contributed by atoms with van der Waals surface area (Å²) in [6, 6.07) is 2.44. The van der Waals surface area contributed by atoms with Gasteiger partial charge in [0.2, 0.25) is 0 Å². The van der Waals surface area contributed by atoms with Crippen molar-refractivity contribution < 1.29 is 4.79 Å². The summed E-state index contributed by atoms with van der Waals surface area (Å²) in [6.45, 7) is 2.83. The summed E-state index contributed by atoms with van der Waals surface area (Å²) in [5.74, 6) is 0.528. The van der Waals surface area contributed by atoms with E-state index in [1.54, 1.807) is 0 Å². The Kier molecular flexibility index (Phi) is 2.83. The number of carbonyl (C=O) groups excluding carboxylic acids is 1. The quantitative estimate of drug-likeness (QED) is 0.941. The van der Waals surface area contributed by atoms with Crippen LogP contribution in [0.15, 0.2) is 12.3 Å². The second kappa shape index (κ2) is 4.72. The van der Waals surface area contributed by atoms with E-state index in [2.05, 4.69) is 15.5 Å². The first-order valence-electron chi connectivity index (χ1n) is 7.64. The number of anilines is 1. The summed E-state index contributed by atoms with van der Waals surface area (Å²) in [4.78, 5) is 12.4. The zero-order chi connectivity index (χ0) is 14.4. The number of fused-ring (bicyclic) bond motifs is 1. The van der Waals surface area contributed by atoms with Crippen LogP contribution in [0, 0.1) is 6.92 Å². The maximum atomic E-state index is 12.4. The maximum Gasteiger partial charge on any atom is 0.260 e. The number of carbonyl (C=O) groups is 1. The van der Waals surface area contributed by atoms with Crippen molar-refractivity contribution in [3.63, 3.8) is 0 Å². The molecule has 1 amide bonds. The van der Waals surface area contributed by atoms with Gasteiger partial charge in [0.1, 0.15) is 0 Å². The molecule has 6 heteroatoms. The lowest BCUT2D eigenvalue weighted by Crippen LogP contribution is -2.17. The van der Waals surface area contributed by atoms with Crippen molar-refractivity contribution >= 4 is 11.7 Å². The van der Waals surface area contributed by atoms with Gasteiger partial charge in [0, 0.05) is 24.5 Å². The van der Waals surface area contributed by atoms with Gasteiger partial charge in [-0.3, -0.25) is 14.2 Å². The Labute approximate surface area is 123 Å². The molecule has 1 fully saturated rings. The number of aromatic nitrogens is 4. The monoisotopic (exact) mass is 285 g/mol. The van der Waals surface area contributed by atoms with Gasteiger partial charge in [0.05, 0.1) is 17.3 Å². The Hall–Kier alpha value is -2.11. The van der Waals surface area contributed by atoms with Crippen LogP contribution in [0.2, 0.25) is 0 Å². The fourth-order valence-corrected chi connectivity index (χ4v) is 3.05. The molecule has 1 saturated carbocycles. The highest BCUT2D eigenvalue weighted by Crippen LogP contribution is 2.31. The minimum atomic E-state index is -0.116. The Morgan fingerprint density at radius 3 is 2.90 bits per heavy atom. The van der Waals surface area contributed by atoms with Crippen molar-refractivity contribution in [2.24, 2.45) is 0 Å². The Balaban J connectivity index is 1.52. The zero-order valence-corrected chi connectivity index (χ0v) is 12.2. The van der Waals surface area contributed by atoms with Crippen molar-refractivity contribution in [3.8, 4) is 0 Å². The molecular formula is C15H19N5O. The molecule has 2 aromatic heterocycles. The van der Waals surface area contributed by atoms with E-state index in [-0.39, 0.29) is 5.91 Å². The predicted molar refractivity (Wildman–Crippen MR) is 78.4 cm³/mol. The third-order valence-corrected chi connectivity index (χ3v) is 4.52. The fourth-order valence-electron chi connectivity index (χ4n) is 3.05. The lowest BCUT2D eigenvalue weighted by Gasteiger charge is -2.25. The molecule has 1 N–H and O–H groups in total. The number of hydrogen-bond donors (Lipinski definition) is 1. The first kappa shape index (κ1) is 12.6. The highest BCUT2D eigenvalue weighted by Gasteiger charge is 2.23. The van der Waals surface area contributed by atoms with Crippen LogP contribution in [0.5, 0.6) is 0 Å². The molecule has 2 aromatic rings. The van der Waals surface area contributed by atoms with E-state index in [0.29, 0.717) is 17.4 Å². The summed E-state index contributed by atoms with van der Waals surface area (Å²) >= 11 is 0. The van der Waals surface area contributed by atoms with E-state index in [1.165, 1.54) is 12.1 Å². The number of nitrogens with one attached hydrogen (secondary N) is 1. The lowest BCUT2D eigenvalue weighted by molar-refractivity contribution is 0.102. The van der Waals surface area contributed by atoms with Gasteiger partial charge >= 0.3 is 0 Å². The van der Waals surface area contributed by atoms with Crippen LogP contribution >= 0.6 is 0 Å². The van der Waals surface area contributed by atoms with Crippen LogP contribution in [0.25, 0.3) is 0 Å². The number of amides is 1. The second-order valence-electron chi connectivity index (χ2n) is 5.99. The van der Waals surface area contributed by atoms with Crippen LogP contribution in [0.4, 0.5) is 5.82 Å². The Morgan fingerprint density at radius 2 is 2.19 bits per heavy atom. The number of aryl methyl sites for hydroxylation is 3. The largest absolute Gasteiger partial charge is 0.305 e. The molecule has 2 aliphatic rings. The molecule has 0 bridgehead atoms. The summed E-state index contributed by atoms with van der Waals surface area (Å²) < 4.78 is 3.92. The highest BCUT2D eigenvalue weighted by atomic mass is 16.1. The average molecular weight is 285 g/mol. The maximum absolute atomic E-state index is 12.4. The second-order valence-corrected chi connectivity index (χ2v) is 5.99. The molecule has 110 valence electrons. The van der Waals surface area contributed by atoms with E-state index in [9.17, 15) is 4.79 Å². The molecule has 1 aliphatic carbocycles. The minimum absolute atomic E-state index is 0.116. The van der Waals surface area contributed by atoms with Crippen LogP contribution in [-0.2, 0) is 13.0 Å². The normalized spacial score (nSPS) is 17.6. The molecular weight excluding hydrogens is 266 g/mol. The first-order valence-corrected chi connectivity index (χ1v) is 7.64. The summed E-state index contributed by atoms with van der Waals surface area (Å²) in [7, 11) is 0. The molecule has 0 aromatic carbocycles. The SMILES string of the molecule is Cc1nn(C2CCC2)cc1C(=O)Nc1cc2n(n1)CCC2. The number of nitrogens with zero attached hydrogens (tertiary/aromatic N) is 4. The fraction of sp³-hybridized carbons (Fsp3) is 0.533. The van der Waals surface area contributed by atoms with Gasteiger partial charge in [-0.15, -0.1) is 0 Å². The topological polar surface area (TPSA) is 64.7 Å². The number of rotatable bonds is 3. The van der Waals surface area contributed by atoms with E-state index >= 15 is 0 Å². The molecule has 0 atom stereocenters. The molecule has 1 aliphatic heterocycles. The van der Waals surface area contributed by atoms with Crippen molar-refractivity contribution in [1.82, 2.24) is 19.6 Å². The molecule has 0 saturated heterocycles. The smallest absolute Gasteiger partial charge is 0.260 e. The van der Waals surface area contributed by atoms with Gasteiger partial charge in [-0.25, -0.2) is 0 Å². The summed E-state index contributed by atoms with van der Waals surface area (Å²) in [5, 5.41) is 11.8. The van der Waals surface area contributed by atoms with Gasteiger partial charge in [-0.05, 0) is 39.0 Å². The van der Waals surface area contributed by atoms with Gasteiger partial charge in [0.25, 0.3) is 5.91 Å². The third-order valence-electron chi connectivity index (χ3n) is 4.52. The molecule has 0 spiro atoms. The molecule has 21 heavy (non-hydrogen) atoms. The van der Waals surface area contributed by atoms with E-state index in [1.807, 2.05) is 28.6 Å². The van der Waals surface area contributed by atoms with Crippen LogP contribution in [0.3, 0.4) is 0 Å². The van der Waals surface area contributed by atoms with Crippen molar-refractivity contribution in [2.45, 2.75) is 51.6 Å². The molecule has 3 heterocycles. The van der Waals surface area contributed by atoms with Gasteiger partial charge in [-0.2, -0.15) is 10.2 Å². The van der Waals surface area contributed by atoms with E-state index in [0.717, 1.165) is 37.9 Å². The third kappa shape index (κ3) is 2.14. The number of hydrogen-bond acceptors (Lipinski definition) is 3. The molecule has 0 unspecified atom stereocenters. The van der Waals surface area contributed by atoms with Crippen molar-refractivity contribution in [1.29, 1.82) is 0 Å². The Bertz CT molecular complexity index is 673. The van der Waals surface area contributed by atoms with Gasteiger partial charge < -0.3 is 5.32 Å². The first-order chi connectivity index (χ1) is 10.2. The molecule has 0 radical (unpaired) electrons. The molecule has 6 nitrogen and oxygen atoms in total. The van der Waals surface area contributed by atoms with E-state index in [4.69, 9.17) is 0 Å². The summed E-state index contributed by atoms with van der Waals surface area (Å²) in [6.07, 6.45) is 7.64. The van der Waals surface area contributed by atoms with Crippen molar-refractivity contribution in [3.05, 3.63) is 29.2 Å². The van der Waals surface area contributed by atoms with E-state index < -0.39 is 0 Å². The lowest BCUT2D eigenvalue weighted by atomic mass is 9.93.